The number of aromatic nitrogens is 3. The van der Waals surface area contributed by atoms with Gasteiger partial charge in [-0.2, -0.15) is 0 Å². The van der Waals surface area contributed by atoms with Crippen molar-refractivity contribution in [2.75, 3.05) is 0 Å². The summed E-state index contributed by atoms with van der Waals surface area (Å²) in [5.74, 6) is -0.495. The Morgan fingerprint density at radius 2 is 2.13 bits per heavy atom. The molecular formula is C10H7ClFN3. The summed E-state index contributed by atoms with van der Waals surface area (Å²) >= 11 is 5.60. The summed E-state index contributed by atoms with van der Waals surface area (Å²) in [6.07, 6.45) is 2.65. The van der Waals surface area contributed by atoms with Crippen LogP contribution in [0.2, 0.25) is 5.28 Å². The fraction of sp³-hybridized carbons (Fsp3) is 0.100. The number of hydrogen-bond acceptors (Lipinski definition) is 3. The van der Waals surface area contributed by atoms with Gasteiger partial charge in [0, 0.05) is 17.5 Å². The molecule has 0 aliphatic carbocycles. The SMILES string of the molecule is Cc1cc(-c2nc(Cl)ncc2F)ccn1. The topological polar surface area (TPSA) is 38.7 Å². The van der Waals surface area contributed by atoms with Gasteiger partial charge in [-0.05, 0) is 30.7 Å². The highest BCUT2D eigenvalue weighted by Gasteiger charge is 2.08. The van der Waals surface area contributed by atoms with Gasteiger partial charge in [-0.1, -0.05) is 0 Å². The molecule has 0 fully saturated rings. The molecule has 0 aliphatic heterocycles. The number of rotatable bonds is 1. The molecule has 2 aromatic rings. The van der Waals surface area contributed by atoms with E-state index < -0.39 is 5.82 Å². The fourth-order valence-corrected chi connectivity index (χ4v) is 1.37. The first-order chi connectivity index (χ1) is 7.16. The molecule has 2 heterocycles. The van der Waals surface area contributed by atoms with Crippen LogP contribution in [0.5, 0.6) is 0 Å². The third kappa shape index (κ3) is 2.10. The minimum atomic E-state index is -0.495. The minimum Gasteiger partial charge on any atom is -0.262 e. The van der Waals surface area contributed by atoms with Gasteiger partial charge in [-0.15, -0.1) is 0 Å². The van der Waals surface area contributed by atoms with E-state index in [9.17, 15) is 4.39 Å². The Bertz CT molecular complexity index is 502. The molecule has 3 nitrogen and oxygen atoms in total. The average molecular weight is 224 g/mol. The molecule has 0 amide bonds. The van der Waals surface area contributed by atoms with Crippen LogP contribution in [0.1, 0.15) is 5.69 Å². The highest BCUT2D eigenvalue weighted by molar-refractivity contribution is 6.28. The van der Waals surface area contributed by atoms with Crippen LogP contribution in [0.15, 0.2) is 24.5 Å². The zero-order chi connectivity index (χ0) is 10.8. The quantitative estimate of drug-likeness (QED) is 0.698. The molecule has 0 atom stereocenters. The largest absolute Gasteiger partial charge is 0.262 e. The van der Waals surface area contributed by atoms with E-state index in [-0.39, 0.29) is 11.0 Å². The van der Waals surface area contributed by atoms with E-state index in [1.807, 2.05) is 6.92 Å². The Morgan fingerprint density at radius 1 is 1.33 bits per heavy atom. The van der Waals surface area contributed by atoms with Crippen LogP contribution in [0, 0.1) is 12.7 Å². The van der Waals surface area contributed by atoms with Gasteiger partial charge in [0.1, 0.15) is 5.69 Å². The third-order valence-corrected chi connectivity index (χ3v) is 2.07. The van der Waals surface area contributed by atoms with Crippen molar-refractivity contribution in [3.05, 3.63) is 41.3 Å². The van der Waals surface area contributed by atoms with Crippen LogP contribution >= 0.6 is 11.6 Å². The third-order valence-electron chi connectivity index (χ3n) is 1.88. The van der Waals surface area contributed by atoms with Crippen LogP contribution in [0.3, 0.4) is 0 Å². The molecule has 2 aromatic heterocycles. The normalized spacial score (nSPS) is 10.3. The molecule has 0 N–H and O–H groups in total. The Labute approximate surface area is 91.0 Å². The second-order valence-corrected chi connectivity index (χ2v) is 3.36. The Morgan fingerprint density at radius 3 is 2.87 bits per heavy atom. The highest BCUT2D eigenvalue weighted by Crippen LogP contribution is 2.20. The van der Waals surface area contributed by atoms with Crippen molar-refractivity contribution in [2.24, 2.45) is 0 Å². The van der Waals surface area contributed by atoms with Crippen molar-refractivity contribution in [3.8, 4) is 11.3 Å². The second-order valence-electron chi connectivity index (χ2n) is 3.02. The molecule has 0 saturated carbocycles. The lowest BCUT2D eigenvalue weighted by atomic mass is 10.1. The molecule has 0 saturated heterocycles. The number of halogens is 2. The Kier molecular flexibility index (Phi) is 2.60. The number of nitrogens with zero attached hydrogens (tertiary/aromatic N) is 3. The summed E-state index contributed by atoms with van der Waals surface area (Å²) in [6.45, 7) is 1.82. The lowest BCUT2D eigenvalue weighted by molar-refractivity contribution is 0.618. The molecule has 0 spiro atoms. The molecule has 0 aromatic carbocycles. The van der Waals surface area contributed by atoms with Crippen LogP contribution in [0.4, 0.5) is 4.39 Å². The zero-order valence-electron chi connectivity index (χ0n) is 7.91. The van der Waals surface area contributed by atoms with Crippen LogP contribution in [-0.2, 0) is 0 Å². The highest BCUT2D eigenvalue weighted by atomic mass is 35.5. The smallest absolute Gasteiger partial charge is 0.223 e. The van der Waals surface area contributed by atoms with Gasteiger partial charge in [-0.25, -0.2) is 14.4 Å². The fourth-order valence-electron chi connectivity index (χ4n) is 1.24. The maximum atomic E-state index is 13.4. The van der Waals surface area contributed by atoms with Crippen molar-refractivity contribution in [1.29, 1.82) is 0 Å². The van der Waals surface area contributed by atoms with Crippen LogP contribution < -0.4 is 0 Å². The molecular weight excluding hydrogens is 217 g/mol. The van der Waals surface area contributed by atoms with Crippen molar-refractivity contribution in [1.82, 2.24) is 15.0 Å². The standard InChI is InChI=1S/C10H7ClFN3/c1-6-4-7(2-3-13-6)9-8(12)5-14-10(11)15-9/h2-5H,1H3. The summed E-state index contributed by atoms with van der Waals surface area (Å²) in [5, 5.41) is 0.0286. The molecule has 0 radical (unpaired) electrons. The first-order valence-electron chi connectivity index (χ1n) is 4.28. The van der Waals surface area contributed by atoms with E-state index in [0.29, 0.717) is 5.56 Å². The summed E-state index contributed by atoms with van der Waals surface area (Å²) in [4.78, 5) is 11.4. The summed E-state index contributed by atoms with van der Waals surface area (Å²) in [7, 11) is 0. The van der Waals surface area contributed by atoms with Gasteiger partial charge in [-0.3, -0.25) is 4.98 Å². The first-order valence-corrected chi connectivity index (χ1v) is 4.65. The molecule has 15 heavy (non-hydrogen) atoms. The van der Waals surface area contributed by atoms with Gasteiger partial charge < -0.3 is 0 Å². The molecule has 0 aliphatic rings. The first kappa shape index (κ1) is 9.98. The summed E-state index contributed by atoms with van der Waals surface area (Å²) in [6, 6.07) is 3.41. The van der Waals surface area contributed by atoms with Gasteiger partial charge in [0.15, 0.2) is 5.82 Å². The average Bonchev–Trinajstić information content (AvgIpc) is 2.22. The minimum absolute atomic E-state index is 0.0286. The van der Waals surface area contributed by atoms with Crippen LogP contribution in [0.25, 0.3) is 11.3 Å². The van der Waals surface area contributed by atoms with E-state index >= 15 is 0 Å². The van der Waals surface area contributed by atoms with Crippen molar-refractivity contribution >= 4 is 11.6 Å². The van der Waals surface area contributed by atoms with E-state index in [4.69, 9.17) is 11.6 Å². The van der Waals surface area contributed by atoms with Crippen molar-refractivity contribution < 1.29 is 4.39 Å². The lowest BCUT2D eigenvalue weighted by Gasteiger charge is -2.02. The summed E-state index contributed by atoms with van der Waals surface area (Å²) in [5.41, 5.74) is 1.63. The van der Waals surface area contributed by atoms with Crippen LogP contribution in [-0.4, -0.2) is 15.0 Å². The van der Waals surface area contributed by atoms with Gasteiger partial charge in [0.05, 0.1) is 6.20 Å². The summed E-state index contributed by atoms with van der Waals surface area (Å²) < 4.78 is 13.4. The number of aryl methyl sites for hydroxylation is 1. The predicted octanol–water partition coefficient (Wildman–Crippen LogP) is 2.64. The van der Waals surface area contributed by atoms with Gasteiger partial charge in [0.2, 0.25) is 5.28 Å². The molecule has 0 unspecified atom stereocenters. The maximum absolute atomic E-state index is 13.4. The molecule has 5 heteroatoms. The van der Waals surface area contributed by atoms with Crippen molar-refractivity contribution in [3.63, 3.8) is 0 Å². The van der Waals surface area contributed by atoms with Gasteiger partial charge in [0.25, 0.3) is 0 Å². The molecule has 2 rings (SSSR count). The van der Waals surface area contributed by atoms with E-state index in [0.717, 1.165) is 11.9 Å². The molecule has 76 valence electrons. The second kappa shape index (κ2) is 3.90. The Hall–Kier alpha value is -1.55. The predicted molar refractivity (Wildman–Crippen MR) is 55.0 cm³/mol. The molecule has 0 bridgehead atoms. The monoisotopic (exact) mass is 223 g/mol. The van der Waals surface area contributed by atoms with E-state index in [1.165, 1.54) is 0 Å². The van der Waals surface area contributed by atoms with Gasteiger partial charge >= 0.3 is 0 Å². The Balaban J connectivity index is 2.58. The maximum Gasteiger partial charge on any atom is 0.223 e. The number of pyridine rings is 1. The van der Waals surface area contributed by atoms with Crippen molar-refractivity contribution in [2.45, 2.75) is 6.92 Å². The number of hydrogen-bond donors (Lipinski definition) is 0. The van der Waals surface area contributed by atoms with E-state index in [1.54, 1.807) is 18.3 Å². The lowest BCUT2D eigenvalue weighted by Crippen LogP contribution is -1.93. The zero-order valence-corrected chi connectivity index (χ0v) is 8.66. The van der Waals surface area contributed by atoms with E-state index in [2.05, 4.69) is 15.0 Å².